The Balaban J connectivity index is 5.24. The molecule has 0 heterocycles. The molecule has 6 atom stereocenters. The number of aliphatic hydroxyl groups excluding tert-OH is 1. The molecule has 0 aliphatic rings. The largest absolute Gasteiger partial charge is 0.472 e. The van der Waals surface area contributed by atoms with Gasteiger partial charge < -0.3 is 33.8 Å². The minimum atomic E-state index is -4.96. The first kappa shape index (κ1) is 91.1. The van der Waals surface area contributed by atoms with Gasteiger partial charge in [-0.2, -0.15) is 0 Å². The fourth-order valence-electron chi connectivity index (χ4n) is 11.2. The van der Waals surface area contributed by atoms with E-state index in [1.54, 1.807) is 0 Å². The monoisotopic (exact) mass is 1370 g/mol. The molecule has 0 saturated heterocycles. The molecule has 0 aliphatic heterocycles. The van der Waals surface area contributed by atoms with Gasteiger partial charge in [0, 0.05) is 25.7 Å². The normalized spacial score (nSPS) is 14.4. The van der Waals surface area contributed by atoms with E-state index in [0.717, 1.165) is 108 Å². The molecule has 17 nitrogen and oxygen atoms in total. The van der Waals surface area contributed by atoms with Crippen LogP contribution in [-0.4, -0.2) is 96.7 Å². The van der Waals surface area contributed by atoms with E-state index in [0.29, 0.717) is 31.6 Å². The van der Waals surface area contributed by atoms with Gasteiger partial charge in [-0.1, -0.05) is 325 Å². The number of hydrogen-bond acceptors (Lipinski definition) is 15. The van der Waals surface area contributed by atoms with Crippen molar-refractivity contribution in [3.8, 4) is 0 Å². The van der Waals surface area contributed by atoms with Gasteiger partial charge >= 0.3 is 39.5 Å². The van der Waals surface area contributed by atoms with Crippen LogP contribution in [0.25, 0.3) is 0 Å². The van der Waals surface area contributed by atoms with E-state index in [1.807, 2.05) is 0 Å². The molecule has 0 bridgehead atoms. The quantitative estimate of drug-likeness (QED) is 0.0222. The molecule has 0 fully saturated rings. The summed E-state index contributed by atoms with van der Waals surface area (Å²) in [5.74, 6) is 0.163. The fraction of sp³-hybridized carbons (Fsp3) is 0.946. The van der Waals surface area contributed by atoms with E-state index in [-0.39, 0.29) is 25.7 Å². The van der Waals surface area contributed by atoms with Gasteiger partial charge in [0.1, 0.15) is 19.3 Å². The van der Waals surface area contributed by atoms with Crippen LogP contribution in [0, 0.1) is 17.8 Å². The number of rotatable bonds is 72. The Morgan fingerprint density at radius 2 is 0.548 bits per heavy atom. The molecule has 93 heavy (non-hydrogen) atoms. The first-order valence-electron chi connectivity index (χ1n) is 38.4. The Kier molecular flexibility index (Phi) is 63.4. The second-order valence-corrected chi connectivity index (χ2v) is 30.8. The number of carbonyl (C=O) groups is 4. The third-order valence-electron chi connectivity index (χ3n) is 17.5. The third kappa shape index (κ3) is 67.0. The predicted molar refractivity (Wildman–Crippen MR) is 377 cm³/mol. The number of ether oxygens (including phenoxy) is 4. The second kappa shape index (κ2) is 64.7. The van der Waals surface area contributed by atoms with E-state index < -0.39 is 97.5 Å². The van der Waals surface area contributed by atoms with Crippen LogP contribution in [-0.2, 0) is 65.4 Å². The maximum Gasteiger partial charge on any atom is 0.472 e. The minimum absolute atomic E-state index is 0.106. The van der Waals surface area contributed by atoms with Gasteiger partial charge in [0.15, 0.2) is 12.2 Å². The highest BCUT2D eigenvalue weighted by molar-refractivity contribution is 7.47. The number of phosphoric acid groups is 2. The Labute approximate surface area is 568 Å². The third-order valence-corrected chi connectivity index (χ3v) is 19.4. The molecule has 0 radical (unpaired) electrons. The molecule has 0 saturated carbocycles. The molecular formula is C74H144O17P2. The minimum Gasteiger partial charge on any atom is -0.462 e. The van der Waals surface area contributed by atoms with Crippen LogP contribution in [0.3, 0.4) is 0 Å². The van der Waals surface area contributed by atoms with Gasteiger partial charge in [-0.05, 0) is 43.4 Å². The molecule has 3 N–H and O–H groups in total. The van der Waals surface area contributed by atoms with Gasteiger partial charge in [-0.15, -0.1) is 0 Å². The molecule has 19 heteroatoms. The van der Waals surface area contributed by atoms with E-state index in [4.69, 9.17) is 37.0 Å². The van der Waals surface area contributed by atoms with Crippen molar-refractivity contribution in [1.82, 2.24) is 0 Å². The van der Waals surface area contributed by atoms with Crippen LogP contribution >= 0.6 is 15.6 Å². The number of hydrogen-bond donors (Lipinski definition) is 3. The first-order chi connectivity index (χ1) is 44.8. The summed E-state index contributed by atoms with van der Waals surface area (Å²) in [5, 5.41) is 10.6. The second-order valence-electron chi connectivity index (χ2n) is 27.9. The summed E-state index contributed by atoms with van der Waals surface area (Å²) in [4.78, 5) is 72.7. The van der Waals surface area contributed by atoms with Crippen molar-refractivity contribution in [2.24, 2.45) is 17.8 Å². The van der Waals surface area contributed by atoms with Crippen LogP contribution in [0.1, 0.15) is 376 Å². The number of esters is 4. The lowest BCUT2D eigenvalue weighted by molar-refractivity contribution is -0.161. The summed E-state index contributed by atoms with van der Waals surface area (Å²) in [6, 6.07) is 0. The molecule has 0 spiro atoms. The van der Waals surface area contributed by atoms with Gasteiger partial charge in [-0.3, -0.25) is 37.3 Å². The van der Waals surface area contributed by atoms with E-state index in [2.05, 4.69) is 48.5 Å². The zero-order chi connectivity index (χ0) is 68.7. The molecule has 0 amide bonds. The summed E-state index contributed by atoms with van der Waals surface area (Å²) in [6.07, 6.45) is 49.9. The van der Waals surface area contributed by atoms with Crippen LogP contribution in [0.4, 0.5) is 0 Å². The summed E-state index contributed by atoms with van der Waals surface area (Å²) in [5.41, 5.74) is 0. The van der Waals surface area contributed by atoms with Gasteiger partial charge in [0.25, 0.3) is 0 Å². The predicted octanol–water partition coefficient (Wildman–Crippen LogP) is 21.4. The van der Waals surface area contributed by atoms with Crippen LogP contribution in [0.5, 0.6) is 0 Å². The van der Waals surface area contributed by atoms with Crippen LogP contribution in [0.2, 0.25) is 0 Å². The molecule has 0 aromatic rings. The Morgan fingerprint density at radius 3 is 0.817 bits per heavy atom. The first-order valence-corrected chi connectivity index (χ1v) is 41.4. The Morgan fingerprint density at radius 1 is 0.312 bits per heavy atom. The summed E-state index contributed by atoms with van der Waals surface area (Å²) in [7, 11) is -9.91. The molecule has 0 aromatic heterocycles. The highest BCUT2D eigenvalue weighted by Crippen LogP contribution is 2.45. The van der Waals surface area contributed by atoms with E-state index in [9.17, 15) is 43.2 Å². The van der Waals surface area contributed by atoms with Gasteiger partial charge in [-0.25, -0.2) is 9.13 Å². The van der Waals surface area contributed by atoms with E-state index >= 15 is 0 Å². The van der Waals surface area contributed by atoms with Crippen molar-refractivity contribution in [2.75, 3.05) is 39.6 Å². The number of carbonyl (C=O) groups excluding carboxylic acids is 4. The smallest absolute Gasteiger partial charge is 0.462 e. The van der Waals surface area contributed by atoms with Crippen molar-refractivity contribution in [2.45, 2.75) is 394 Å². The molecule has 0 rings (SSSR count). The lowest BCUT2D eigenvalue weighted by atomic mass is 9.99. The van der Waals surface area contributed by atoms with Gasteiger partial charge in [0.2, 0.25) is 0 Å². The SMILES string of the molecule is CCCCCCCCCCCCCCCC(=O)O[C@H](COC(=O)CCCCCCCCC(C)C)COP(=O)(O)OC[C@H](O)COP(=O)(O)OC[C@@H](COC(=O)CCCCCCCCCCCCC(C)CC)OC(=O)CCCCCCCCCCCCCCCCC(C)C. The maximum absolute atomic E-state index is 13.1. The lowest BCUT2D eigenvalue weighted by Crippen LogP contribution is -2.30. The molecule has 0 aromatic carbocycles. The highest BCUT2D eigenvalue weighted by atomic mass is 31.2. The molecule has 3 unspecified atom stereocenters. The van der Waals surface area contributed by atoms with Crippen molar-refractivity contribution in [1.29, 1.82) is 0 Å². The average Bonchev–Trinajstić information content (AvgIpc) is 2.50. The zero-order valence-corrected chi connectivity index (χ0v) is 62.5. The highest BCUT2D eigenvalue weighted by Gasteiger charge is 2.30. The summed E-state index contributed by atoms with van der Waals surface area (Å²) >= 11 is 0. The van der Waals surface area contributed by atoms with E-state index in [1.165, 1.54) is 180 Å². The topological polar surface area (TPSA) is 237 Å². The van der Waals surface area contributed by atoms with Crippen LogP contribution < -0.4 is 0 Å². The Bertz CT molecular complexity index is 1820. The van der Waals surface area contributed by atoms with Gasteiger partial charge in [0.05, 0.1) is 26.4 Å². The van der Waals surface area contributed by atoms with Crippen molar-refractivity contribution in [3.63, 3.8) is 0 Å². The standard InChI is InChI=1S/C74H144O17P2/c1-8-10-11-12-13-14-15-18-22-29-34-43-50-57-74(79)91-70(62-85-72(77)56-49-42-37-36-39-46-53-66(5)6)64-89-93(82,83)87-60-68(75)59-86-92(80,81)88-63-69(61-84-71(76)55-48-41-33-28-25-24-27-32-40-47-54-67(7)9-2)90-73(78)58-51-44-35-30-23-20-17-16-19-21-26-31-38-45-52-65(3)4/h65-70,75H,8-64H2,1-7H3,(H,80,81)(H,82,83)/t67?,68-,69-,70-/m1/s1. The lowest BCUT2D eigenvalue weighted by Gasteiger charge is -2.21. The summed E-state index contributed by atoms with van der Waals surface area (Å²) in [6.45, 7) is 11.9. The molecular weight excluding hydrogens is 1220 g/mol. The summed E-state index contributed by atoms with van der Waals surface area (Å²) < 4.78 is 68.4. The van der Waals surface area contributed by atoms with Crippen molar-refractivity contribution < 1.29 is 80.2 Å². The molecule has 0 aliphatic carbocycles. The number of unbranched alkanes of at least 4 members (excludes halogenated alkanes) is 39. The van der Waals surface area contributed by atoms with Crippen LogP contribution in [0.15, 0.2) is 0 Å². The number of aliphatic hydroxyl groups is 1. The zero-order valence-electron chi connectivity index (χ0n) is 60.7. The number of phosphoric ester groups is 2. The average molecular weight is 1370 g/mol. The van der Waals surface area contributed by atoms with Crippen molar-refractivity contribution >= 4 is 39.5 Å². The Hall–Kier alpha value is -1.94. The fourth-order valence-corrected chi connectivity index (χ4v) is 12.8. The molecule has 552 valence electrons. The maximum atomic E-state index is 13.1. The van der Waals surface area contributed by atoms with Crippen molar-refractivity contribution in [3.05, 3.63) is 0 Å².